The zero-order chi connectivity index (χ0) is 20.7. The Hall–Kier alpha value is -1.70. The second-order valence-corrected chi connectivity index (χ2v) is 9.35. The van der Waals surface area contributed by atoms with Gasteiger partial charge >= 0.3 is 0 Å². The molecule has 7 heteroatoms. The van der Waals surface area contributed by atoms with Crippen LogP contribution in [0.1, 0.15) is 24.4 Å². The molecule has 4 aliphatic heterocycles. The Labute approximate surface area is 177 Å². The molecule has 1 amide bonds. The number of benzene rings is 1. The van der Waals surface area contributed by atoms with Crippen LogP contribution in [0.25, 0.3) is 0 Å². The van der Waals surface area contributed by atoms with Gasteiger partial charge in [0.15, 0.2) is 0 Å². The van der Waals surface area contributed by atoms with Crippen LogP contribution in [0, 0.1) is 23.6 Å². The van der Waals surface area contributed by atoms with Gasteiger partial charge in [0.2, 0.25) is 5.91 Å². The summed E-state index contributed by atoms with van der Waals surface area (Å²) >= 11 is 0. The highest BCUT2D eigenvalue weighted by Crippen LogP contribution is 2.48. The van der Waals surface area contributed by atoms with Crippen LogP contribution in [0.15, 0.2) is 18.2 Å². The highest BCUT2D eigenvalue weighted by molar-refractivity contribution is 5.80. The third-order valence-corrected chi connectivity index (χ3v) is 7.43. The molecule has 0 aromatic heterocycles. The average Bonchev–Trinajstić information content (AvgIpc) is 3.13. The summed E-state index contributed by atoms with van der Waals surface area (Å²) in [5.74, 6) is 1.33. The molecular formula is C23H32FN3O3. The molecule has 1 aromatic rings. The monoisotopic (exact) mass is 417 g/mol. The molecule has 3 fully saturated rings. The predicted octanol–water partition coefficient (Wildman–Crippen LogP) is 2.01. The van der Waals surface area contributed by atoms with Crippen molar-refractivity contribution in [1.29, 1.82) is 0 Å². The molecule has 0 unspecified atom stereocenters. The maximum Gasteiger partial charge on any atom is 0.227 e. The van der Waals surface area contributed by atoms with Gasteiger partial charge in [0.25, 0.3) is 0 Å². The lowest BCUT2D eigenvalue weighted by Gasteiger charge is -2.37. The Balaban J connectivity index is 1.41. The van der Waals surface area contributed by atoms with E-state index in [2.05, 4.69) is 16.8 Å². The second kappa shape index (κ2) is 8.44. The summed E-state index contributed by atoms with van der Waals surface area (Å²) in [6, 6.07) is 4.87. The molecule has 0 saturated carbocycles. The van der Waals surface area contributed by atoms with Crippen molar-refractivity contribution in [3.63, 3.8) is 0 Å². The molecule has 4 heterocycles. The van der Waals surface area contributed by atoms with E-state index >= 15 is 0 Å². The number of ether oxygens (including phenoxy) is 2. The van der Waals surface area contributed by atoms with Crippen molar-refractivity contribution >= 4 is 5.91 Å². The van der Waals surface area contributed by atoms with Gasteiger partial charge in [-0.15, -0.1) is 0 Å². The summed E-state index contributed by atoms with van der Waals surface area (Å²) in [5, 5.41) is 0. The number of hydrogen-bond acceptors (Lipinski definition) is 5. The molecule has 164 valence electrons. The molecule has 0 aliphatic carbocycles. The van der Waals surface area contributed by atoms with Crippen molar-refractivity contribution in [1.82, 2.24) is 14.7 Å². The molecule has 3 saturated heterocycles. The van der Waals surface area contributed by atoms with E-state index in [4.69, 9.17) is 9.47 Å². The Bertz CT molecular complexity index is 777. The highest BCUT2D eigenvalue weighted by Gasteiger charge is 2.50. The Kier molecular flexibility index (Phi) is 5.69. The topological polar surface area (TPSA) is 45.2 Å². The minimum Gasteiger partial charge on any atom is -0.493 e. The van der Waals surface area contributed by atoms with Gasteiger partial charge in [-0.25, -0.2) is 4.39 Å². The van der Waals surface area contributed by atoms with Crippen molar-refractivity contribution < 1.29 is 18.7 Å². The van der Waals surface area contributed by atoms with Crippen LogP contribution >= 0.6 is 0 Å². The van der Waals surface area contributed by atoms with Crippen molar-refractivity contribution in [2.45, 2.75) is 18.9 Å². The maximum atomic E-state index is 14.2. The first-order valence-corrected chi connectivity index (χ1v) is 11.3. The fourth-order valence-corrected chi connectivity index (χ4v) is 5.67. The van der Waals surface area contributed by atoms with E-state index in [0.717, 1.165) is 76.6 Å². The summed E-state index contributed by atoms with van der Waals surface area (Å²) in [6.07, 6.45) is 2.11. The number of carbonyl (C=O) groups is 1. The molecule has 30 heavy (non-hydrogen) atoms. The van der Waals surface area contributed by atoms with Crippen molar-refractivity contribution in [3.8, 4) is 5.75 Å². The second-order valence-electron chi connectivity index (χ2n) is 9.35. The lowest BCUT2D eigenvalue weighted by Crippen LogP contribution is -2.50. The summed E-state index contributed by atoms with van der Waals surface area (Å²) < 4.78 is 25.7. The standard InChI is InChI=1S/C23H32FN3O3/c1-25-6-8-26(9-7-25)23(28)19-14-27(13-16-4-10-29-11-5-16)22-18-12-17(24)2-3-21(18)30-15-20(19)22/h2-3,12,16,19-20,22H,4-11,13-15H2,1H3/t19-,20+,22+/m1/s1. The quantitative estimate of drug-likeness (QED) is 0.753. The van der Waals surface area contributed by atoms with Gasteiger partial charge in [-0.3, -0.25) is 9.69 Å². The van der Waals surface area contributed by atoms with Gasteiger partial charge in [-0.05, 0) is 44.0 Å². The number of hydrogen-bond donors (Lipinski definition) is 0. The van der Waals surface area contributed by atoms with Crippen LogP contribution in [-0.4, -0.2) is 86.7 Å². The van der Waals surface area contributed by atoms with Gasteiger partial charge in [-0.2, -0.15) is 0 Å². The van der Waals surface area contributed by atoms with Gasteiger partial charge < -0.3 is 19.3 Å². The van der Waals surface area contributed by atoms with Crippen LogP contribution < -0.4 is 4.74 Å². The van der Waals surface area contributed by atoms with E-state index in [1.165, 1.54) is 6.07 Å². The van der Waals surface area contributed by atoms with Gasteiger partial charge in [0.05, 0.1) is 12.5 Å². The highest BCUT2D eigenvalue weighted by atomic mass is 19.1. The molecular weight excluding hydrogens is 385 g/mol. The largest absolute Gasteiger partial charge is 0.493 e. The van der Waals surface area contributed by atoms with Gasteiger partial charge in [0.1, 0.15) is 11.6 Å². The normalized spacial score (nSPS) is 30.6. The fourth-order valence-electron chi connectivity index (χ4n) is 5.67. The lowest BCUT2D eigenvalue weighted by atomic mass is 9.84. The number of piperazine rings is 1. The van der Waals surface area contributed by atoms with Gasteiger partial charge in [-0.1, -0.05) is 0 Å². The zero-order valence-corrected chi connectivity index (χ0v) is 17.8. The van der Waals surface area contributed by atoms with Gasteiger partial charge in [0, 0.05) is 70.0 Å². The first kappa shape index (κ1) is 20.2. The van der Waals surface area contributed by atoms with Crippen molar-refractivity contribution in [2.24, 2.45) is 17.8 Å². The third-order valence-electron chi connectivity index (χ3n) is 7.43. The first-order valence-electron chi connectivity index (χ1n) is 11.3. The van der Waals surface area contributed by atoms with E-state index in [0.29, 0.717) is 12.5 Å². The molecule has 0 bridgehead atoms. The van der Waals surface area contributed by atoms with Crippen LogP contribution in [0.3, 0.4) is 0 Å². The average molecular weight is 418 g/mol. The zero-order valence-electron chi connectivity index (χ0n) is 17.8. The summed E-state index contributed by atoms with van der Waals surface area (Å²) in [4.78, 5) is 20.2. The van der Waals surface area contributed by atoms with E-state index < -0.39 is 0 Å². The van der Waals surface area contributed by atoms with Crippen LogP contribution in [0.4, 0.5) is 4.39 Å². The Morgan fingerprint density at radius 2 is 1.93 bits per heavy atom. The molecule has 6 nitrogen and oxygen atoms in total. The Morgan fingerprint density at radius 1 is 1.17 bits per heavy atom. The molecule has 0 spiro atoms. The molecule has 0 radical (unpaired) electrons. The molecule has 3 atom stereocenters. The fraction of sp³-hybridized carbons (Fsp3) is 0.696. The molecule has 0 N–H and O–H groups in total. The number of nitrogens with zero attached hydrogens (tertiary/aromatic N) is 3. The van der Waals surface area contributed by atoms with Crippen molar-refractivity contribution in [2.75, 3.05) is 66.1 Å². The summed E-state index contributed by atoms with van der Waals surface area (Å²) in [6.45, 7) is 7.23. The Morgan fingerprint density at radius 3 is 2.70 bits per heavy atom. The molecule has 5 rings (SSSR count). The van der Waals surface area contributed by atoms with E-state index in [1.54, 1.807) is 12.1 Å². The van der Waals surface area contributed by atoms with Crippen LogP contribution in [0.2, 0.25) is 0 Å². The minimum absolute atomic E-state index is 0.0497. The summed E-state index contributed by atoms with van der Waals surface area (Å²) in [7, 11) is 2.10. The predicted molar refractivity (Wildman–Crippen MR) is 111 cm³/mol. The van der Waals surface area contributed by atoms with E-state index in [1.807, 2.05) is 4.90 Å². The van der Waals surface area contributed by atoms with Crippen LogP contribution in [0.5, 0.6) is 5.75 Å². The van der Waals surface area contributed by atoms with E-state index in [9.17, 15) is 9.18 Å². The lowest BCUT2D eigenvalue weighted by molar-refractivity contribution is -0.138. The summed E-state index contributed by atoms with van der Waals surface area (Å²) in [5.41, 5.74) is 0.909. The minimum atomic E-state index is -0.238. The third kappa shape index (κ3) is 3.83. The molecule has 1 aromatic carbocycles. The SMILES string of the molecule is CN1CCN(C(=O)[C@@H]2CN(CC3CCOCC3)[C@H]3c4cc(F)ccc4OC[C@@H]23)CC1. The number of fused-ring (bicyclic) bond motifs is 3. The maximum absolute atomic E-state index is 14.2. The number of likely N-dealkylation sites (tertiary alicyclic amines) is 1. The smallest absolute Gasteiger partial charge is 0.227 e. The number of amides is 1. The molecule has 4 aliphatic rings. The number of rotatable bonds is 3. The number of carbonyl (C=O) groups excluding carboxylic acids is 1. The first-order chi connectivity index (χ1) is 14.6. The van der Waals surface area contributed by atoms with Crippen LogP contribution in [-0.2, 0) is 9.53 Å². The number of likely N-dealkylation sites (N-methyl/N-ethyl adjacent to an activating group) is 1. The van der Waals surface area contributed by atoms with E-state index in [-0.39, 0.29) is 29.6 Å². The number of halogens is 1. The van der Waals surface area contributed by atoms with Crippen molar-refractivity contribution in [3.05, 3.63) is 29.6 Å².